The van der Waals surface area contributed by atoms with E-state index in [0.29, 0.717) is 10.9 Å². The largest absolute Gasteiger partial charge is 0.288 e. The molecular formula is C20H16N4O6S2. The van der Waals surface area contributed by atoms with Crippen molar-refractivity contribution in [1.29, 1.82) is 0 Å². The van der Waals surface area contributed by atoms with Gasteiger partial charge in [-0.05, 0) is 30.5 Å². The second-order valence-electron chi connectivity index (χ2n) is 6.59. The topological polar surface area (TPSA) is 146 Å². The van der Waals surface area contributed by atoms with E-state index < -0.39 is 19.7 Å². The molecule has 0 unspecified atom stereocenters. The first kappa shape index (κ1) is 23.0. The van der Waals surface area contributed by atoms with Crippen LogP contribution in [0, 0.1) is 20.2 Å². The molecule has 4 rings (SSSR count). The predicted octanol–water partition coefficient (Wildman–Crippen LogP) is 4.41. The summed E-state index contributed by atoms with van der Waals surface area (Å²) in [4.78, 5) is 29.3. The van der Waals surface area contributed by atoms with Crippen molar-refractivity contribution in [2.75, 3.05) is 12.5 Å². The Morgan fingerprint density at radius 1 is 0.812 bits per heavy atom. The molecule has 10 nitrogen and oxygen atoms in total. The van der Waals surface area contributed by atoms with Crippen LogP contribution in [0.25, 0.3) is 21.8 Å². The van der Waals surface area contributed by atoms with Crippen LogP contribution in [0.4, 0.5) is 11.4 Å². The third-order valence-corrected chi connectivity index (χ3v) is 6.20. The molecule has 2 heterocycles. The zero-order chi connectivity index (χ0) is 23.5. The molecule has 0 spiro atoms. The lowest BCUT2D eigenvalue weighted by Gasteiger charge is -2.00. The van der Waals surface area contributed by atoms with Crippen LogP contribution < -0.4 is 0 Å². The van der Waals surface area contributed by atoms with Gasteiger partial charge < -0.3 is 0 Å². The molecule has 0 bridgehead atoms. The van der Waals surface area contributed by atoms with Crippen LogP contribution in [-0.2, 0) is 9.84 Å². The lowest BCUT2D eigenvalue weighted by atomic mass is 10.2. The van der Waals surface area contributed by atoms with E-state index in [4.69, 9.17) is 0 Å². The molecule has 0 aliphatic heterocycles. The zero-order valence-corrected chi connectivity index (χ0v) is 18.5. The fraction of sp³-hybridized carbons (Fsp3) is 0.100. The van der Waals surface area contributed by atoms with E-state index in [2.05, 4.69) is 9.97 Å². The Morgan fingerprint density at radius 3 is 1.78 bits per heavy atom. The van der Waals surface area contributed by atoms with Crippen LogP contribution in [0.1, 0.15) is 0 Å². The van der Waals surface area contributed by atoms with Crippen LogP contribution in [-0.4, -0.2) is 40.7 Å². The van der Waals surface area contributed by atoms with Crippen LogP contribution in [0.15, 0.2) is 70.7 Å². The van der Waals surface area contributed by atoms with Gasteiger partial charge in [-0.3, -0.25) is 20.2 Å². The SMILES string of the molecule is CS(=O)(=O)c1ccc2cc([N+](=O)[O-])cnc2c1.CSc1ccc2cc([N+](=O)[O-])cnc2c1. The lowest BCUT2D eigenvalue weighted by Crippen LogP contribution is -1.97. The van der Waals surface area contributed by atoms with Gasteiger partial charge >= 0.3 is 0 Å². The number of rotatable bonds is 4. The number of fused-ring (bicyclic) bond motifs is 2. The number of nitrogens with zero attached hydrogens (tertiary/aromatic N) is 4. The van der Waals surface area contributed by atoms with Gasteiger partial charge in [-0.2, -0.15) is 0 Å². The molecule has 12 heteroatoms. The molecule has 0 amide bonds. The second kappa shape index (κ2) is 9.24. The van der Waals surface area contributed by atoms with Crippen molar-refractivity contribution in [1.82, 2.24) is 9.97 Å². The number of aromatic nitrogens is 2. The summed E-state index contributed by atoms with van der Waals surface area (Å²) < 4.78 is 22.6. The van der Waals surface area contributed by atoms with E-state index in [1.165, 1.54) is 36.5 Å². The highest BCUT2D eigenvalue weighted by atomic mass is 32.2. The summed E-state index contributed by atoms with van der Waals surface area (Å²) in [6.07, 6.45) is 5.47. The summed E-state index contributed by atoms with van der Waals surface area (Å²) in [5.74, 6) is 0. The first-order chi connectivity index (χ1) is 15.1. The molecule has 0 aliphatic carbocycles. The van der Waals surface area contributed by atoms with Crippen molar-refractivity contribution in [3.63, 3.8) is 0 Å². The summed E-state index contributed by atoms with van der Waals surface area (Å²) in [6, 6.07) is 12.9. The molecule has 0 radical (unpaired) electrons. The molecule has 4 aromatic rings. The van der Waals surface area contributed by atoms with Crippen molar-refractivity contribution in [2.45, 2.75) is 9.79 Å². The maximum atomic E-state index is 11.3. The first-order valence-electron chi connectivity index (χ1n) is 8.91. The van der Waals surface area contributed by atoms with E-state index >= 15 is 0 Å². The van der Waals surface area contributed by atoms with Gasteiger partial charge in [-0.1, -0.05) is 12.1 Å². The van der Waals surface area contributed by atoms with Gasteiger partial charge in [0.15, 0.2) is 9.84 Å². The summed E-state index contributed by atoms with van der Waals surface area (Å²) >= 11 is 1.62. The normalized spacial score (nSPS) is 11.1. The number of hydrogen-bond acceptors (Lipinski definition) is 9. The van der Waals surface area contributed by atoms with Crippen molar-refractivity contribution >= 4 is 54.8 Å². The highest BCUT2D eigenvalue weighted by Crippen LogP contribution is 2.23. The third kappa shape index (κ3) is 5.34. The number of benzene rings is 2. The summed E-state index contributed by atoms with van der Waals surface area (Å²) in [6.45, 7) is 0. The highest BCUT2D eigenvalue weighted by Gasteiger charge is 2.11. The number of nitro groups is 2. The molecule has 2 aromatic carbocycles. The van der Waals surface area contributed by atoms with Crippen molar-refractivity contribution in [2.24, 2.45) is 0 Å². The smallest absolute Gasteiger partial charge is 0.258 e. The molecule has 0 aliphatic rings. The molecule has 0 saturated carbocycles. The molecule has 0 N–H and O–H groups in total. The van der Waals surface area contributed by atoms with Crippen molar-refractivity contribution in [3.05, 3.63) is 81.2 Å². The second-order valence-corrected chi connectivity index (χ2v) is 9.48. The van der Waals surface area contributed by atoms with E-state index in [1.807, 2.05) is 24.5 Å². The lowest BCUT2D eigenvalue weighted by molar-refractivity contribution is -0.385. The van der Waals surface area contributed by atoms with E-state index in [9.17, 15) is 28.6 Å². The molecule has 0 saturated heterocycles. The summed E-state index contributed by atoms with van der Waals surface area (Å²) in [5, 5.41) is 22.4. The van der Waals surface area contributed by atoms with Gasteiger partial charge in [0.25, 0.3) is 11.4 Å². The van der Waals surface area contributed by atoms with Gasteiger partial charge in [0.05, 0.1) is 25.8 Å². The van der Waals surface area contributed by atoms with Crippen LogP contribution >= 0.6 is 11.8 Å². The summed E-state index contributed by atoms with van der Waals surface area (Å²) in [5.41, 5.74) is 1.11. The Morgan fingerprint density at radius 2 is 1.31 bits per heavy atom. The summed E-state index contributed by atoms with van der Waals surface area (Å²) in [7, 11) is -3.29. The van der Waals surface area contributed by atoms with Crippen LogP contribution in [0.5, 0.6) is 0 Å². The predicted molar refractivity (Wildman–Crippen MR) is 122 cm³/mol. The first-order valence-corrected chi connectivity index (χ1v) is 12.0. The van der Waals surface area contributed by atoms with Gasteiger partial charge in [0.2, 0.25) is 0 Å². The standard InChI is InChI=1S/C10H8N2O4S.C10H8N2O2S/c1-17(15,16)9-3-2-7-4-8(12(13)14)6-11-10(7)5-9;1-15-9-3-2-7-4-8(12(13)14)6-11-10(7)5-9/h2-6H,1H3;2-6H,1H3. The third-order valence-electron chi connectivity index (χ3n) is 4.37. The number of pyridine rings is 2. The fourth-order valence-electron chi connectivity index (χ4n) is 2.74. The Labute approximate surface area is 186 Å². The van der Waals surface area contributed by atoms with Gasteiger partial charge in [0, 0.05) is 34.1 Å². The van der Waals surface area contributed by atoms with E-state index in [-0.39, 0.29) is 16.3 Å². The number of thioether (sulfide) groups is 1. The Bertz CT molecular complexity index is 1460. The maximum Gasteiger partial charge on any atom is 0.288 e. The molecule has 0 fully saturated rings. The molecule has 2 aromatic heterocycles. The number of hydrogen-bond donors (Lipinski definition) is 0. The average Bonchev–Trinajstić information content (AvgIpc) is 2.77. The number of sulfone groups is 1. The van der Waals surface area contributed by atoms with E-state index in [0.717, 1.165) is 28.3 Å². The van der Waals surface area contributed by atoms with Gasteiger partial charge in [0.1, 0.15) is 12.4 Å². The van der Waals surface area contributed by atoms with Crippen LogP contribution in [0.3, 0.4) is 0 Å². The Kier molecular flexibility index (Phi) is 6.65. The molecular weight excluding hydrogens is 456 g/mol. The minimum absolute atomic E-state index is 0.0272. The van der Waals surface area contributed by atoms with Crippen molar-refractivity contribution < 1.29 is 18.3 Å². The monoisotopic (exact) mass is 472 g/mol. The fourth-order valence-corrected chi connectivity index (χ4v) is 3.81. The van der Waals surface area contributed by atoms with Crippen LogP contribution in [0.2, 0.25) is 0 Å². The molecule has 0 atom stereocenters. The highest BCUT2D eigenvalue weighted by molar-refractivity contribution is 7.98. The minimum atomic E-state index is -3.29. The molecule has 32 heavy (non-hydrogen) atoms. The zero-order valence-electron chi connectivity index (χ0n) is 16.8. The Balaban J connectivity index is 0.000000182. The van der Waals surface area contributed by atoms with Gasteiger partial charge in [-0.15, -0.1) is 11.8 Å². The quantitative estimate of drug-likeness (QED) is 0.239. The maximum absolute atomic E-state index is 11.3. The van der Waals surface area contributed by atoms with Crippen molar-refractivity contribution in [3.8, 4) is 0 Å². The van der Waals surface area contributed by atoms with E-state index in [1.54, 1.807) is 11.8 Å². The Hall–Kier alpha value is -3.64. The molecule has 164 valence electrons. The van der Waals surface area contributed by atoms with Gasteiger partial charge in [-0.25, -0.2) is 18.4 Å². The minimum Gasteiger partial charge on any atom is -0.258 e. The average molecular weight is 473 g/mol.